The molecule has 0 aliphatic heterocycles. The Morgan fingerprint density at radius 3 is 2.52 bits per heavy atom. The third-order valence-electron chi connectivity index (χ3n) is 5.07. The second-order valence-corrected chi connectivity index (χ2v) is 7.97. The molecular weight excluding hydrogens is 459 g/mol. The van der Waals surface area contributed by atoms with E-state index in [1.54, 1.807) is 50.8 Å². The number of halogens is 2. The second kappa shape index (κ2) is 9.94. The number of amides is 1. The molecule has 0 saturated heterocycles. The number of carbonyl (C=O) groups is 1. The van der Waals surface area contributed by atoms with Crippen LogP contribution in [0.2, 0.25) is 10.0 Å². The maximum absolute atomic E-state index is 12.8. The van der Waals surface area contributed by atoms with Gasteiger partial charge in [0, 0.05) is 32.6 Å². The van der Waals surface area contributed by atoms with Crippen LogP contribution in [-0.4, -0.2) is 25.1 Å². The number of anilines is 1. The lowest BCUT2D eigenvalue weighted by Gasteiger charge is -2.14. The monoisotopic (exact) mass is 478 g/mol. The number of methoxy groups -OCH3 is 2. The highest BCUT2D eigenvalue weighted by Crippen LogP contribution is 2.39. The van der Waals surface area contributed by atoms with Crippen molar-refractivity contribution in [3.05, 3.63) is 88.5 Å². The topological polar surface area (TPSA) is 60.5 Å². The van der Waals surface area contributed by atoms with Gasteiger partial charge < -0.3 is 14.8 Å². The molecule has 1 N–H and O–H groups in total. The molecule has 0 unspecified atom stereocenters. The molecule has 0 aliphatic carbocycles. The van der Waals surface area contributed by atoms with Crippen molar-refractivity contribution in [2.24, 2.45) is 0 Å². The largest absolute Gasteiger partial charge is 0.493 e. The standard InChI is InChI=1S/C26H20Cl2N2O3/c1-32-23-11-7-16(13-24(23)33-2)8-12-25(31)30-22-15-29-21-10-9-17(27)14-19(21)26(22)18-5-3-4-6-20(18)28/h3-15H,1-2H3,(H,30,31)/b12-8+. The summed E-state index contributed by atoms with van der Waals surface area (Å²) in [6, 6.07) is 18.3. The molecule has 4 aromatic rings. The van der Waals surface area contributed by atoms with Crippen molar-refractivity contribution in [3.63, 3.8) is 0 Å². The number of nitrogens with zero attached hydrogens (tertiary/aromatic N) is 1. The fraction of sp³-hybridized carbons (Fsp3) is 0.0769. The Hall–Kier alpha value is -3.54. The van der Waals surface area contributed by atoms with Crippen molar-refractivity contribution in [1.29, 1.82) is 0 Å². The molecule has 0 spiro atoms. The molecule has 3 aromatic carbocycles. The summed E-state index contributed by atoms with van der Waals surface area (Å²) in [4.78, 5) is 17.3. The SMILES string of the molecule is COc1ccc(/C=C/C(=O)Nc2cnc3ccc(Cl)cc3c2-c2ccccc2Cl)cc1OC. The molecule has 0 bridgehead atoms. The summed E-state index contributed by atoms with van der Waals surface area (Å²) < 4.78 is 10.6. The molecule has 7 heteroatoms. The van der Waals surface area contributed by atoms with Crippen LogP contribution in [0, 0.1) is 0 Å². The maximum atomic E-state index is 12.8. The molecule has 4 rings (SSSR count). The molecule has 0 aliphatic rings. The van der Waals surface area contributed by atoms with Gasteiger partial charge in [0.15, 0.2) is 11.5 Å². The predicted molar refractivity (Wildman–Crippen MR) is 134 cm³/mol. The second-order valence-electron chi connectivity index (χ2n) is 7.13. The number of pyridine rings is 1. The zero-order chi connectivity index (χ0) is 23.4. The smallest absolute Gasteiger partial charge is 0.248 e. The summed E-state index contributed by atoms with van der Waals surface area (Å²) in [7, 11) is 3.13. The quantitative estimate of drug-likeness (QED) is 0.307. The van der Waals surface area contributed by atoms with Gasteiger partial charge in [-0.05, 0) is 48.0 Å². The van der Waals surface area contributed by atoms with E-state index in [9.17, 15) is 4.79 Å². The number of hydrogen-bond acceptors (Lipinski definition) is 4. The minimum absolute atomic E-state index is 0.318. The molecular formula is C26H20Cl2N2O3. The van der Waals surface area contributed by atoms with E-state index in [0.717, 1.165) is 27.6 Å². The molecule has 1 heterocycles. The van der Waals surface area contributed by atoms with Crippen LogP contribution in [0.3, 0.4) is 0 Å². The summed E-state index contributed by atoms with van der Waals surface area (Å²) in [6.45, 7) is 0. The lowest BCUT2D eigenvalue weighted by Crippen LogP contribution is -2.09. The minimum Gasteiger partial charge on any atom is -0.493 e. The lowest BCUT2D eigenvalue weighted by atomic mass is 9.99. The van der Waals surface area contributed by atoms with Crippen LogP contribution < -0.4 is 14.8 Å². The van der Waals surface area contributed by atoms with Gasteiger partial charge in [-0.1, -0.05) is 47.5 Å². The number of rotatable bonds is 6. The van der Waals surface area contributed by atoms with Gasteiger partial charge in [-0.15, -0.1) is 0 Å². The fourth-order valence-corrected chi connectivity index (χ4v) is 3.92. The molecule has 0 saturated carbocycles. The first-order chi connectivity index (χ1) is 16.0. The Morgan fingerprint density at radius 2 is 1.76 bits per heavy atom. The van der Waals surface area contributed by atoms with Gasteiger partial charge >= 0.3 is 0 Å². The molecule has 1 aromatic heterocycles. The van der Waals surface area contributed by atoms with E-state index in [1.807, 2.05) is 36.4 Å². The van der Waals surface area contributed by atoms with E-state index in [2.05, 4.69) is 10.3 Å². The molecule has 0 radical (unpaired) electrons. The van der Waals surface area contributed by atoms with Crippen molar-refractivity contribution in [2.45, 2.75) is 0 Å². The number of benzene rings is 3. The van der Waals surface area contributed by atoms with Crippen LogP contribution in [0.5, 0.6) is 11.5 Å². The highest BCUT2D eigenvalue weighted by Gasteiger charge is 2.15. The average molecular weight is 479 g/mol. The summed E-state index contributed by atoms with van der Waals surface area (Å²) in [5.74, 6) is 0.877. The minimum atomic E-state index is -0.318. The van der Waals surface area contributed by atoms with Crippen LogP contribution in [0.25, 0.3) is 28.1 Å². The highest BCUT2D eigenvalue weighted by molar-refractivity contribution is 6.34. The maximum Gasteiger partial charge on any atom is 0.248 e. The first kappa shape index (κ1) is 22.6. The van der Waals surface area contributed by atoms with Gasteiger partial charge in [-0.2, -0.15) is 0 Å². The first-order valence-corrected chi connectivity index (χ1v) is 10.8. The molecule has 166 valence electrons. The van der Waals surface area contributed by atoms with Gasteiger partial charge in [0.1, 0.15) is 0 Å². The van der Waals surface area contributed by atoms with Gasteiger partial charge in [0.25, 0.3) is 0 Å². The van der Waals surface area contributed by atoms with Crippen molar-refractivity contribution in [3.8, 4) is 22.6 Å². The van der Waals surface area contributed by atoms with Gasteiger partial charge in [0.2, 0.25) is 5.91 Å². The number of carbonyl (C=O) groups excluding carboxylic acids is 1. The van der Waals surface area contributed by atoms with Gasteiger partial charge in [-0.25, -0.2) is 0 Å². The third kappa shape index (κ3) is 4.95. The average Bonchev–Trinajstić information content (AvgIpc) is 2.83. The molecule has 33 heavy (non-hydrogen) atoms. The first-order valence-electron chi connectivity index (χ1n) is 10.0. The zero-order valence-electron chi connectivity index (χ0n) is 17.9. The van der Waals surface area contributed by atoms with Crippen molar-refractivity contribution >= 4 is 51.8 Å². The molecule has 5 nitrogen and oxygen atoms in total. The Kier molecular flexibility index (Phi) is 6.82. The Morgan fingerprint density at radius 1 is 0.970 bits per heavy atom. The summed E-state index contributed by atoms with van der Waals surface area (Å²) in [5, 5.41) is 4.83. The summed E-state index contributed by atoms with van der Waals surface area (Å²) >= 11 is 12.8. The van der Waals surface area contributed by atoms with Crippen molar-refractivity contribution in [1.82, 2.24) is 4.98 Å². The molecule has 0 atom stereocenters. The normalized spacial score (nSPS) is 11.0. The zero-order valence-corrected chi connectivity index (χ0v) is 19.4. The van der Waals surface area contributed by atoms with E-state index in [0.29, 0.717) is 27.2 Å². The van der Waals surface area contributed by atoms with Crippen LogP contribution in [0.4, 0.5) is 5.69 Å². The highest BCUT2D eigenvalue weighted by atomic mass is 35.5. The van der Waals surface area contributed by atoms with E-state index in [1.165, 1.54) is 6.08 Å². The number of hydrogen-bond donors (Lipinski definition) is 1. The van der Waals surface area contributed by atoms with Crippen LogP contribution in [0.15, 0.2) is 72.9 Å². The lowest BCUT2D eigenvalue weighted by molar-refractivity contribution is -0.111. The summed E-state index contributed by atoms with van der Waals surface area (Å²) in [6.07, 6.45) is 4.76. The van der Waals surface area contributed by atoms with E-state index in [4.69, 9.17) is 32.7 Å². The fourth-order valence-electron chi connectivity index (χ4n) is 3.52. The molecule has 0 fully saturated rings. The van der Waals surface area contributed by atoms with E-state index < -0.39 is 0 Å². The predicted octanol–water partition coefficient (Wildman–Crippen LogP) is 6.88. The van der Waals surface area contributed by atoms with E-state index >= 15 is 0 Å². The summed E-state index contributed by atoms with van der Waals surface area (Å²) in [5.41, 5.74) is 3.58. The van der Waals surface area contributed by atoms with Crippen molar-refractivity contribution in [2.75, 3.05) is 19.5 Å². The third-order valence-corrected chi connectivity index (χ3v) is 5.63. The number of ether oxygens (including phenoxy) is 2. The number of nitrogens with one attached hydrogen (secondary N) is 1. The van der Waals surface area contributed by atoms with Crippen molar-refractivity contribution < 1.29 is 14.3 Å². The molecule has 1 amide bonds. The van der Waals surface area contributed by atoms with Crippen LogP contribution in [-0.2, 0) is 4.79 Å². The van der Waals surface area contributed by atoms with Crippen LogP contribution in [0.1, 0.15) is 5.56 Å². The van der Waals surface area contributed by atoms with Gasteiger partial charge in [-0.3, -0.25) is 9.78 Å². The Balaban J connectivity index is 1.70. The Labute approximate surface area is 201 Å². The number of fused-ring (bicyclic) bond motifs is 1. The Bertz CT molecular complexity index is 1370. The van der Waals surface area contributed by atoms with Crippen LogP contribution >= 0.6 is 23.2 Å². The number of aromatic nitrogens is 1. The van der Waals surface area contributed by atoms with E-state index in [-0.39, 0.29) is 5.91 Å². The van der Waals surface area contributed by atoms with Gasteiger partial charge in [0.05, 0.1) is 31.6 Å².